The number of imide groups is 1. The van der Waals surface area contributed by atoms with Crippen molar-refractivity contribution in [1.82, 2.24) is 5.01 Å². The minimum Gasteiger partial charge on any atom is -0.454 e. The van der Waals surface area contributed by atoms with Crippen LogP contribution in [0.2, 0.25) is 5.02 Å². The fourth-order valence-electron chi connectivity index (χ4n) is 5.21. The average Bonchev–Trinajstić information content (AvgIpc) is 3.29. The van der Waals surface area contributed by atoms with Gasteiger partial charge in [0.1, 0.15) is 0 Å². The lowest BCUT2D eigenvalue weighted by atomic mass is 9.63. The summed E-state index contributed by atoms with van der Waals surface area (Å²) in [6, 6.07) is 3.35. The van der Waals surface area contributed by atoms with Crippen molar-refractivity contribution in [2.75, 3.05) is 6.79 Å². The Morgan fingerprint density at radius 1 is 1.04 bits per heavy atom. The maximum atomic E-state index is 12.9. The number of ether oxygens (including phenoxy) is 2. The van der Waals surface area contributed by atoms with Crippen molar-refractivity contribution >= 4 is 29.6 Å². The Balaban J connectivity index is 1.32. The summed E-state index contributed by atoms with van der Waals surface area (Å²) in [5, 5.41) is 5.68. The van der Waals surface area contributed by atoms with Crippen molar-refractivity contribution in [2.24, 2.45) is 40.6 Å². The van der Waals surface area contributed by atoms with Gasteiger partial charge >= 0.3 is 0 Å². The highest BCUT2D eigenvalue weighted by Crippen LogP contribution is 2.65. The first kappa shape index (κ1) is 14.8. The number of allylic oxidation sites excluding steroid dienone is 2. The van der Waals surface area contributed by atoms with Gasteiger partial charge in [-0.1, -0.05) is 23.8 Å². The highest BCUT2D eigenvalue weighted by molar-refractivity contribution is 6.33. The summed E-state index contributed by atoms with van der Waals surface area (Å²) in [5.41, 5.74) is 0.579. The van der Waals surface area contributed by atoms with E-state index in [2.05, 4.69) is 17.3 Å². The average molecular weight is 371 g/mol. The Labute approximate surface area is 154 Å². The highest BCUT2D eigenvalue weighted by Gasteiger charge is 2.67. The zero-order valence-electron chi connectivity index (χ0n) is 13.7. The van der Waals surface area contributed by atoms with Crippen LogP contribution in [0.3, 0.4) is 0 Å². The molecule has 3 fully saturated rings. The van der Waals surface area contributed by atoms with E-state index in [9.17, 15) is 9.59 Å². The summed E-state index contributed by atoms with van der Waals surface area (Å²) in [7, 11) is 0. The molecule has 1 aromatic rings. The molecule has 4 aliphatic carbocycles. The topological polar surface area (TPSA) is 68.2 Å². The van der Waals surface area contributed by atoms with E-state index in [-0.39, 0.29) is 42.3 Å². The molecule has 0 spiro atoms. The number of amides is 2. The van der Waals surface area contributed by atoms with Gasteiger partial charge in [-0.25, -0.2) is 0 Å². The fourth-order valence-corrected chi connectivity index (χ4v) is 5.41. The van der Waals surface area contributed by atoms with E-state index in [4.69, 9.17) is 21.1 Å². The second kappa shape index (κ2) is 4.88. The second-order valence-corrected chi connectivity index (χ2v) is 8.02. The van der Waals surface area contributed by atoms with Crippen molar-refractivity contribution in [3.05, 3.63) is 34.9 Å². The molecular formula is C19H15ClN2O4. The first-order chi connectivity index (χ1) is 12.6. The van der Waals surface area contributed by atoms with Crippen molar-refractivity contribution in [2.45, 2.75) is 6.42 Å². The zero-order valence-corrected chi connectivity index (χ0v) is 14.4. The number of hydrogen-bond acceptors (Lipinski definition) is 5. The van der Waals surface area contributed by atoms with E-state index < -0.39 is 0 Å². The van der Waals surface area contributed by atoms with Crippen molar-refractivity contribution in [3.63, 3.8) is 0 Å². The van der Waals surface area contributed by atoms with E-state index >= 15 is 0 Å². The van der Waals surface area contributed by atoms with Gasteiger partial charge in [0.15, 0.2) is 11.5 Å². The molecule has 2 saturated carbocycles. The number of rotatable bonds is 2. The van der Waals surface area contributed by atoms with Crippen LogP contribution < -0.4 is 9.47 Å². The molecule has 7 heteroatoms. The highest BCUT2D eigenvalue weighted by atomic mass is 35.5. The van der Waals surface area contributed by atoms with Crippen molar-refractivity contribution in [3.8, 4) is 11.5 Å². The number of nitrogens with zero attached hydrogens (tertiary/aromatic N) is 2. The molecule has 26 heavy (non-hydrogen) atoms. The summed E-state index contributed by atoms with van der Waals surface area (Å²) < 4.78 is 10.6. The summed E-state index contributed by atoms with van der Waals surface area (Å²) in [5.74, 6) is 1.85. The van der Waals surface area contributed by atoms with Crippen LogP contribution >= 0.6 is 11.6 Å². The summed E-state index contributed by atoms with van der Waals surface area (Å²) in [4.78, 5) is 25.8. The van der Waals surface area contributed by atoms with Gasteiger partial charge in [-0.15, -0.1) is 0 Å². The number of halogens is 1. The summed E-state index contributed by atoms with van der Waals surface area (Å²) >= 11 is 6.24. The van der Waals surface area contributed by atoms with Crippen molar-refractivity contribution < 1.29 is 19.1 Å². The Kier molecular flexibility index (Phi) is 2.78. The van der Waals surface area contributed by atoms with Gasteiger partial charge in [0, 0.05) is 11.6 Å². The summed E-state index contributed by atoms with van der Waals surface area (Å²) in [6.07, 6.45) is 6.89. The van der Waals surface area contributed by atoms with Crippen LogP contribution in [-0.4, -0.2) is 29.8 Å². The van der Waals surface area contributed by atoms with Crippen LogP contribution in [0.4, 0.5) is 0 Å². The monoisotopic (exact) mass is 370 g/mol. The fraction of sp³-hybridized carbons (Fsp3) is 0.421. The minimum absolute atomic E-state index is 0.150. The normalized spacial score (nSPS) is 38.3. The minimum atomic E-state index is -0.245. The van der Waals surface area contributed by atoms with Crippen molar-refractivity contribution in [1.29, 1.82) is 0 Å². The molecule has 6 atom stereocenters. The molecule has 1 aromatic carbocycles. The third-order valence-corrected chi connectivity index (χ3v) is 6.77. The number of carbonyl (C=O) groups excluding carboxylic acids is 2. The van der Waals surface area contributed by atoms with Crippen LogP contribution in [0.5, 0.6) is 11.5 Å². The predicted octanol–water partition coefficient (Wildman–Crippen LogP) is 2.46. The van der Waals surface area contributed by atoms with Gasteiger partial charge in [-0.2, -0.15) is 10.1 Å². The third-order valence-electron chi connectivity index (χ3n) is 6.44. The summed E-state index contributed by atoms with van der Waals surface area (Å²) in [6.45, 7) is 0.150. The van der Waals surface area contributed by atoms with Gasteiger partial charge in [0.25, 0.3) is 11.8 Å². The predicted molar refractivity (Wildman–Crippen MR) is 91.7 cm³/mol. The van der Waals surface area contributed by atoms with E-state index in [0.717, 1.165) is 11.4 Å². The molecule has 2 amide bonds. The van der Waals surface area contributed by atoms with Crippen LogP contribution in [-0.2, 0) is 9.59 Å². The van der Waals surface area contributed by atoms with Crippen LogP contribution in [0.1, 0.15) is 12.0 Å². The number of fused-ring (bicyclic) bond motifs is 1. The number of hydrogen-bond donors (Lipinski definition) is 0. The largest absolute Gasteiger partial charge is 0.454 e. The lowest BCUT2D eigenvalue weighted by Gasteiger charge is -2.37. The molecular weight excluding hydrogens is 356 g/mol. The standard InChI is InChI=1S/C19H15ClN2O4/c20-13-5-15-14(25-7-26-15)3-8(13)6-21-22-18(23)16-9-1-2-10(12-4-11(9)12)17(16)19(22)24/h1-3,5-6,9-12,16-17H,4,7H2/b21-6-/t9-,10-,11-,12+,16-,17-/m1/s1. The Morgan fingerprint density at radius 2 is 1.65 bits per heavy atom. The molecule has 132 valence electrons. The molecule has 0 radical (unpaired) electrons. The van der Waals surface area contributed by atoms with Crippen LogP contribution in [0.25, 0.3) is 0 Å². The Hall–Kier alpha value is -2.34. The van der Waals surface area contributed by atoms with Gasteiger partial charge in [-0.3, -0.25) is 9.59 Å². The molecule has 6 nitrogen and oxygen atoms in total. The molecule has 2 aliphatic heterocycles. The smallest absolute Gasteiger partial charge is 0.254 e. The quantitative estimate of drug-likeness (QED) is 0.455. The molecule has 0 N–H and O–H groups in total. The van der Waals surface area contributed by atoms with Crippen LogP contribution in [0, 0.1) is 35.5 Å². The lowest BCUT2D eigenvalue weighted by Crippen LogP contribution is -2.40. The molecule has 0 unspecified atom stereocenters. The Morgan fingerprint density at radius 3 is 2.31 bits per heavy atom. The van der Waals surface area contributed by atoms with E-state index in [1.54, 1.807) is 12.1 Å². The molecule has 1 saturated heterocycles. The van der Waals surface area contributed by atoms with Gasteiger partial charge < -0.3 is 9.47 Å². The second-order valence-electron chi connectivity index (χ2n) is 7.61. The maximum Gasteiger partial charge on any atom is 0.254 e. The SMILES string of the molecule is O=C1[C@@H]2[C@@H]3C=C[C@H]([C@@H]4C[C@H]34)[C@H]2C(=O)N1/N=C\c1cc2c(cc1Cl)OCO2. The maximum absolute atomic E-state index is 12.9. The first-order valence-electron chi connectivity index (χ1n) is 8.83. The zero-order chi connectivity index (χ0) is 17.6. The molecule has 6 aliphatic rings. The third kappa shape index (κ3) is 1.80. The van der Waals surface area contributed by atoms with Crippen LogP contribution in [0.15, 0.2) is 29.4 Å². The number of benzene rings is 1. The molecule has 2 heterocycles. The van der Waals surface area contributed by atoms with E-state index in [1.165, 1.54) is 6.21 Å². The number of hydrazone groups is 1. The van der Waals surface area contributed by atoms with E-state index in [1.807, 2.05) is 0 Å². The molecule has 2 bridgehead atoms. The van der Waals surface area contributed by atoms with E-state index in [0.29, 0.717) is 33.9 Å². The number of carbonyl (C=O) groups is 2. The Bertz CT molecular complexity index is 890. The molecule has 0 aromatic heterocycles. The van der Waals surface area contributed by atoms with Gasteiger partial charge in [-0.05, 0) is 36.2 Å². The lowest BCUT2D eigenvalue weighted by molar-refractivity contribution is -0.140. The van der Waals surface area contributed by atoms with Gasteiger partial charge in [0.2, 0.25) is 6.79 Å². The first-order valence-corrected chi connectivity index (χ1v) is 9.20. The van der Waals surface area contributed by atoms with Gasteiger partial charge in [0.05, 0.1) is 23.1 Å². The molecule has 7 rings (SSSR count).